The molecule has 1 heterocycles. The molecule has 2 rings (SSSR count). The highest BCUT2D eigenvalue weighted by atomic mass is 15.2. The molecule has 1 nitrogen and oxygen atoms in total. The third-order valence-corrected chi connectivity index (χ3v) is 3.68. The topological polar surface area (TPSA) is 3.24 Å². The summed E-state index contributed by atoms with van der Waals surface area (Å²) in [4.78, 5) is 2.36. The van der Waals surface area contributed by atoms with E-state index in [0.29, 0.717) is 12.0 Å². The highest BCUT2D eigenvalue weighted by molar-refractivity contribution is 5.66. The normalized spacial score (nSPS) is 23.8. The SMILES string of the molecule is C=CC=Cc1ccc2c(c1)C(C)C(C)N2C. The molecule has 0 spiro atoms. The molecule has 1 aromatic carbocycles. The van der Waals surface area contributed by atoms with Gasteiger partial charge in [0.2, 0.25) is 0 Å². The Morgan fingerprint density at radius 2 is 2.06 bits per heavy atom. The minimum atomic E-state index is 0.591. The molecule has 16 heavy (non-hydrogen) atoms. The molecule has 1 aliphatic heterocycles. The fraction of sp³-hybridized carbons (Fsp3) is 0.333. The van der Waals surface area contributed by atoms with Crippen LogP contribution >= 0.6 is 0 Å². The van der Waals surface area contributed by atoms with Crippen LogP contribution in [-0.4, -0.2) is 13.1 Å². The van der Waals surface area contributed by atoms with Crippen molar-refractivity contribution in [2.45, 2.75) is 25.8 Å². The molecule has 0 aromatic heterocycles. The van der Waals surface area contributed by atoms with Gasteiger partial charge in [-0.25, -0.2) is 0 Å². The molecule has 0 fully saturated rings. The standard InChI is InChI=1S/C15H19N/c1-5-6-7-13-8-9-15-14(10-13)11(2)12(3)16(15)4/h5-12H,1H2,2-4H3. The van der Waals surface area contributed by atoms with Crippen LogP contribution in [0.25, 0.3) is 6.08 Å². The first-order chi connectivity index (χ1) is 7.65. The van der Waals surface area contributed by atoms with Gasteiger partial charge in [-0.2, -0.15) is 0 Å². The molecular weight excluding hydrogens is 194 g/mol. The third-order valence-electron chi connectivity index (χ3n) is 3.68. The highest BCUT2D eigenvalue weighted by Gasteiger charge is 2.29. The van der Waals surface area contributed by atoms with Gasteiger partial charge in [0.25, 0.3) is 0 Å². The third kappa shape index (κ3) is 1.67. The van der Waals surface area contributed by atoms with Gasteiger partial charge in [0.05, 0.1) is 0 Å². The molecule has 0 saturated carbocycles. The van der Waals surface area contributed by atoms with Crippen LogP contribution in [0.2, 0.25) is 0 Å². The molecular formula is C15H19N. The summed E-state index contributed by atoms with van der Waals surface area (Å²) in [7, 11) is 2.17. The van der Waals surface area contributed by atoms with E-state index < -0.39 is 0 Å². The van der Waals surface area contributed by atoms with Crippen LogP contribution in [0.3, 0.4) is 0 Å². The van der Waals surface area contributed by atoms with Crippen molar-refractivity contribution in [1.29, 1.82) is 0 Å². The van der Waals surface area contributed by atoms with Crippen LogP contribution in [0, 0.1) is 0 Å². The van der Waals surface area contributed by atoms with E-state index in [1.54, 1.807) is 0 Å². The Bertz CT molecular complexity index is 431. The number of benzene rings is 1. The van der Waals surface area contributed by atoms with Crippen molar-refractivity contribution in [1.82, 2.24) is 0 Å². The number of allylic oxidation sites excluding steroid dienone is 2. The number of hydrogen-bond acceptors (Lipinski definition) is 1. The van der Waals surface area contributed by atoms with Crippen molar-refractivity contribution in [3.05, 3.63) is 48.1 Å². The van der Waals surface area contributed by atoms with Gasteiger partial charge in [-0.1, -0.05) is 37.8 Å². The zero-order valence-corrected chi connectivity index (χ0v) is 10.3. The fourth-order valence-electron chi connectivity index (χ4n) is 2.36. The van der Waals surface area contributed by atoms with Crippen molar-refractivity contribution in [3.8, 4) is 0 Å². The quantitative estimate of drug-likeness (QED) is 0.675. The summed E-state index contributed by atoms with van der Waals surface area (Å²) < 4.78 is 0. The minimum Gasteiger partial charge on any atom is -0.371 e. The second-order valence-corrected chi connectivity index (χ2v) is 4.55. The average molecular weight is 213 g/mol. The first-order valence-corrected chi connectivity index (χ1v) is 5.81. The molecule has 0 saturated heterocycles. The Morgan fingerprint density at radius 1 is 1.31 bits per heavy atom. The Balaban J connectivity index is 2.41. The first-order valence-electron chi connectivity index (χ1n) is 5.81. The summed E-state index contributed by atoms with van der Waals surface area (Å²) in [6.45, 7) is 8.27. The first kappa shape index (κ1) is 11.0. The number of likely N-dealkylation sites (N-methyl/N-ethyl adjacent to an activating group) is 1. The van der Waals surface area contributed by atoms with Crippen LogP contribution in [0.4, 0.5) is 5.69 Å². The van der Waals surface area contributed by atoms with E-state index in [0.717, 1.165) is 0 Å². The van der Waals surface area contributed by atoms with E-state index in [-0.39, 0.29) is 0 Å². The molecule has 84 valence electrons. The lowest BCUT2D eigenvalue weighted by Gasteiger charge is -2.20. The van der Waals surface area contributed by atoms with E-state index >= 15 is 0 Å². The maximum absolute atomic E-state index is 3.69. The van der Waals surface area contributed by atoms with Gasteiger partial charge in [-0.3, -0.25) is 0 Å². The summed E-state index contributed by atoms with van der Waals surface area (Å²) in [5, 5.41) is 0. The van der Waals surface area contributed by atoms with Gasteiger partial charge in [0.1, 0.15) is 0 Å². The monoisotopic (exact) mass is 213 g/mol. The Hall–Kier alpha value is -1.50. The van der Waals surface area contributed by atoms with Gasteiger partial charge in [-0.05, 0) is 30.2 Å². The summed E-state index contributed by atoms with van der Waals surface area (Å²) >= 11 is 0. The largest absolute Gasteiger partial charge is 0.371 e. The Labute approximate surface area is 98.1 Å². The van der Waals surface area contributed by atoms with Gasteiger partial charge in [-0.15, -0.1) is 0 Å². The lowest BCUT2D eigenvalue weighted by atomic mass is 9.96. The molecule has 0 N–H and O–H groups in total. The van der Waals surface area contributed by atoms with Crippen LogP contribution in [-0.2, 0) is 0 Å². The lowest BCUT2D eigenvalue weighted by molar-refractivity contribution is 0.626. The summed E-state index contributed by atoms with van der Waals surface area (Å²) in [6, 6.07) is 7.27. The average Bonchev–Trinajstić information content (AvgIpc) is 2.52. The summed E-state index contributed by atoms with van der Waals surface area (Å²) in [6.07, 6.45) is 5.89. The summed E-state index contributed by atoms with van der Waals surface area (Å²) in [5.74, 6) is 0.608. The smallest absolute Gasteiger partial charge is 0.0402 e. The molecule has 0 bridgehead atoms. The fourth-order valence-corrected chi connectivity index (χ4v) is 2.36. The number of anilines is 1. The molecule has 2 atom stereocenters. The molecule has 1 heteroatoms. The van der Waals surface area contributed by atoms with E-state index in [9.17, 15) is 0 Å². The predicted molar refractivity (Wildman–Crippen MR) is 72.0 cm³/mol. The maximum atomic E-state index is 3.69. The van der Waals surface area contributed by atoms with Crippen molar-refractivity contribution in [3.63, 3.8) is 0 Å². The lowest BCUT2D eigenvalue weighted by Crippen LogP contribution is -2.25. The van der Waals surface area contributed by atoms with Gasteiger partial charge < -0.3 is 4.90 Å². The van der Waals surface area contributed by atoms with Gasteiger partial charge >= 0.3 is 0 Å². The van der Waals surface area contributed by atoms with Crippen LogP contribution in [0.15, 0.2) is 36.9 Å². The van der Waals surface area contributed by atoms with E-state index in [1.165, 1.54) is 16.8 Å². The molecule has 2 unspecified atom stereocenters. The number of fused-ring (bicyclic) bond motifs is 1. The van der Waals surface area contributed by atoms with Gasteiger partial charge in [0.15, 0.2) is 0 Å². The Kier molecular flexibility index (Phi) is 2.86. The molecule has 0 amide bonds. The zero-order valence-electron chi connectivity index (χ0n) is 10.3. The maximum Gasteiger partial charge on any atom is 0.0402 e. The van der Waals surface area contributed by atoms with Gasteiger partial charge in [0, 0.05) is 24.7 Å². The molecule has 1 aliphatic rings. The summed E-state index contributed by atoms with van der Waals surface area (Å²) in [5.41, 5.74) is 4.09. The molecule has 0 aliphatic carbocycles. The Morgan fingerprint density at radius 3 is 2.75 bits per heavy atom. The number of nitrogens with zero attached hydrogens (tertiary/aromatic N) is 1. The van der Waals surface area contributed by atoms with Crippen molar-refractivity contribution in [2.75, 3.05) is 11.9 Å². The van der Waals surface area contributed by atoms with E-state index in [1.807, 2.05) is 12.2 Å². The van der Waals surface area contributed by atoms with E-state index in [2.05, 4.69) is 56.6 Å². The van der Waals surface area contributed by atoms with Crippen LogP contribution in [0.1, 0.15) is 30.9 Å². The van der Waals surface area contributed by atoms with Crippen molar-refractivity contribution < 1.29 is 0 Å². The predicted octanol–water partition coefficient (Wildman–Crippen LogP) is 3.83. The van der Waals surface area contributed by atoms with Crippen LogP contribution in [0.5, 0.6) is 0 Å². The van der Waals surface area contributed by atoms with Crippen molar-refractivity contribution in [2.24, 2.45) is 0 Å². The highest BCUT2D eigenvalue weighted by Crippen LogP contribution is 2.39. The van der Waals surface area contributed by atoms with Crippen LogP contribution < -0.4 is 4.90 Å². The molecule has 0 radical (unpaired) electrons. The van der Waals surface area contributed by atoms with E-state index in [4.69, 9.17) is 0 Å². The zero-order chi connectivity index (χ0) is 11.7. The number of hydrogen-bond donors (Lipinski definition) is 0. The second-order valence-electron chi connectivity index (χ2n) is 4.55. The minimum absolute atomic E-state index is 0.591. The number of rotatable bonds is 2. The second kappa shape index (κ2) is 4.17. The molecule has 1 aromatic rings. The van der Waals surface area contributed by atoms with Crippen molar-refractivity contribution >= 4 is 11.8 Å².